The number of hydrogen-bond acceptors (Lipinski definition) is 2. The summed E-state index contributed by atoms with van der Waals surface area (Å²) >= 11 is 0. The lowest BCUT2D eigenvalue weighted by Crippen LogP contribution is -2.22. The molecule has 0 aliphatic heterocycles. The molecule has 0 amide bonds. The predicted octanol–water partition coefficient (Wildman–Crippen LogP) is 3.81. The summed E-state index contributed by atoms with van der Waals surface area (Å²) in [4.78, 5) is 4.67. The minimum Gasteiger partial charge on any atom is -0.355 e. The van der Waals surface area contributed by atoms with Gasteiger partial charge in [-0.1, -0.05) is 31.9 Å². The number of nitrogens with one attached hydrogen (secondary N) is 1. The third-order valence-electron chi connectivity index (χ3n) is 4.38. The van der Waals surface area contributed by atoms with E-state index in [0.29, 0.717) is 0 Å². The minimum atomic E-state index is 0.809. The molecule has 1 aromatic carbocycles. The van der Waals surface area contributed by atoms with E-state index in [2.05, 4.69) is 47.0 Å². The molecular formula is C16H23N3. The molecule has 1 heterocycles. The van der Waals surface area contributed by atoms with Crippen molar-refractivity contribution in [2.24, 2.45) is 18.9 Å². The Morgan fingerprint density at radius 1 is 1.32 bits per heavy atom. The molecule has 1 fully saturated rings. The van der Waals surface area contributed by atoms with Crippen LogP contribution in [-0.2, 0) is 7.05 Å². The fourth-order valence-corrected chi connectivity index (χ4v) is 3.28. The fourth-order valence-electron chi connectivity index (χ4n) is 3.28. The van der Waals surface area contributed by atoms with Gasteiger partial charge >= 0.3 is 0 Å². The predicted molar refractivity (Wildman–Crippen MR) is 80.3 cm³/mol. The zero-order chi connectivity index (χ0) is 13.2. The molecular weight excluding hydrogens is 234 g/mol. The smallest absolute Gasteiger partial charge is 0.203 e. The molecule has 2 unspecified atom stereocenters. The van der Waals surface area contributed by atoms with Crippen molar-refractivity contribution in [3.8, 4) is 0 Å². The van der Waals surface area contributed by atoms with Gasteiger partial charge in [0.1, 0.15) is 0 Å². The van der Waals surface area contributed by atoms with Crippen molar-refractivity contribution < 1.29 is 0 Å². The van der Waals surface area contributed by atoms with Crippen LogP contribution in [0.1, 0.15) is 32.6 Å². The normalized spacial score (nSPS) is 23.7. The van der Waals surface area contributed by atoms with Crippen molar-refractivity contribution in [3.05, 3.63) is 24.3 Å². The number of hydrogen-bond donors (Lipinski definition) is 1. The molecule has 0 bridgehead atoms. The number of para-hydroxylation sites is 2. The molecule has 102 valence electrons. The lowest BCUT2D eigenvalue weighted by molar-refractivity contribution is 0.293. The van der Waals surface area contributed by atoms with E-state index in [9.17, 15) is 0 Å². The molecule has 1 aliphatic carbocycles. The second-order valence-corrected chi connectivity index (χ2v) is 6.00. The van der Waals surface area contributed by atoms with E-state index >= 15 is 0 Å². The van der Waals surface area contributed by atoms with Crippen LogP contribution in [0.4, 0.5) is 5.95 Å². The molecule has 1 saturated carbocycles. The number of fused-ring (bicyclic) bond motifs is 1. The number of aromatic nitrogens is 2. The van der Waals surface area contributed by atoms with Gasteiger partial charge in [-0.3, -0.25) is 0 Å². The average Bonchev–Trinajstić information content (AvgIpc) is 2.74. The van der Waals surface area contributed by atoms with E-state index in [-0.39, 0.29) is 0 Å². The van der Waals surface area contributed by atoms with Crippen LogP contribution in [0.5, 0.6) is 0 Å². The molecule has 1 aromatic heterocycles. The lowest BCUT2D eigenvalue weighted by atomic mass is 9.82. The Morgan fingerprint density at radius 2 is 2.16 bits per heavy atom. The highest BCUT2D eigenvalue weighted by Gasteiger charge is 2.19. The van der Waals surface area contributed by atoms with Gasteiger partial charge in [0, 0.05) is 13.6 Å². The first-order chi connectivity index (χ1) is 9.24. The molecule has 0 spiro atoms. The second kappa shape index (κ2) is 5.24. The van der Waals surface area contributed by atoms with Crippen molar-refractivity contribution in [1.29, 1.82) is 0 Å². The zero-order valence-corrected chi connectivity index (χ0v) is 11.9. The van der Waals surface area contributed by atoms with Gasteiger partial charge in [-0.15, -0.1) is 0 Å². The first-order valence-corrected chi connectivity index (χ1v) is 7.39. The Hall–Kier alpha value is -1.51. The summed E-state index contributed by atoms with van der Waals surface area (Å²) in [7, 11) is 2.08. The Bertz CT molecular complexity index is 558. The van der Waals surface area contributed by atoms with Gasteiger partial charge < -0.3 is 9.88 Å². The van der Waals surface area contributed by atoms with Crippen molar-refractivity contribution >= 4 is 17.0 Å². The molecule has 3 heteroatoms. The summed E-state index contributed by atoms with van der Waals surface area (Å²) < 4.78 is 2.15. The molecule has 2 aromatic rings. The van der Waals surface area contributed by atoms with Crippen LogP contribution in [0.25, 0.3) is 11.0 Å². The van der Waals surface area contributed by atoms with E-state index in [0.717, 1.165) is 29.8 Å². The van der Waals surface area contributed by atoms with E-state index < -0.39 is 0 Å². The van der Waals surface area contributed by atoms with Crippen LogP contribution >= 0.6 is 0 Å². The number of imidazole rings is 1. The number of benzene rings is 1. The Balaban J connectivity index is 1.69. The monoisotopic (exact) mass is 257 g/mol. The van der Waals surface area contributed by atoms with E-state index in [4.69, 9.17) is 0 Å². The highest BCUT2D eigenvalue weighted by atomic mass is 15.2. The van der Waals surface area contributed by atoms with Gasteiger partial charge in [0.15, 0.2) is 0 Å². The standard InChI is InChI=1S/C16H23N3/c1-12-6-5-7-13(10-12)11-17-16-18-14-8-3-4-9-15(14)19(16)2/h3-4,8-9,12-13H,5-7,10-11H2,1-2H3,(H,17,18). The molecule has 0 radical (unpaired) electrons. The van der Waals surface area contributed by atoms with Crippen molar-refractivity contribution in [1.82, 2.24) is 9.55 Å². The van der Waals surface area contributed by atoms with Gasteiger partial charge in [0.2, 0.25) is 5.95 Å². The molecule has 3 rings (SSSR count). The number of aryl methyl sites for hydroxylation is 1. The van der Waals surface area contributed by atoms with E-state index in [1.165, 1.54) is 31.2 Å². The van der Waals surface area contributed by atoms with E-state index in [1.54, 1.807) is 0 Å². The largest absolute Gasteiger partial charge is 0.355 e. The van der Waals surface area contributed by atoms with E-state index in [1.807, 2.05) is 6.07 Å². The quantitative estimate of drug-likeness (QED) is 0.906. The average molecular weight is 257 g/mol. The van der Waals surface area contributed by atoms with Gasteiger partial charge in [0.25, 0.3) is 0 Å². The van der Waals surface area contributed by atoms with Crippen LogP contribution in [0.2, 0.25) is 0 Å². The SMILES string of the molecule is CC1CCCC(CNc2nc3ccccc3n2C)C1. The maximum absolute atomic E-state index is 4.67. The first-order valence-electron chi connectivity index (χ1n) is 7.39. The maximum Gasteiger partial charge on any atom is 0.203 e. The molecule has 0 saturated heterocycles. The van der Waals surface area contributed by atoms with Gasteiger partial charge in [-0.25, -0.2) is 4.98 Å². The zero-order valence-electron chi connectivity index (χ0n) is 11.9. The van der Waals surface area contributed by atoms with Crippen molar-refractivity contribution in [2.75, 3.05) is 11.9 Å². The van der Waals surface area contributed by atoms with Crippen LogP contribution in [-0.4, -0.2) is 16.1 Å². The molecule has 2 atom stereocenters. The topological polar surface area (TPSA) is 29.9 Å². The fraction of sp³-hybridized carbons (Fsp3) is 0.562. The lowest BCUT2D eigenvalue weighted by Gasteiger charge is -2.26. The first kappa shape index (κ1) is 12.5. The third kappa shape index (κ3) is 2.60. The minimum absolute atomic E-state index is 0.809. The third-order valence-corrected chi connectivity index (χ3v) is 4.38. The number of rotatable bonds is 3. The molecule has 19 heavy (non-hydrogen) atoms. The van der Waals surface area contributed by atoms with Crippen LogP contribution < -0.4 is 5.32 Å². The highest BCUT2D eigenvalue weighted by molar-refractivity contribution is 5.78. The summed E-state index contributed by atoms with van der Waals surface area (Å²) in [6.07, 6.45) is 5.51. The highest BCUT2D eigenvalue weighted by Crippen LogP contribution is 2.28. The van der Waals surface area contributed by atoms with Crippen molar-refractivity contribution in [2.45, 2.75) is 32.6 Å². The Labute approximate surface area is 115 Å². The summed E-state index contributed by atoms with van der Waals surface area (Å²) in [5, 5.41) is 3.54. The van der Waals surface area contributed by atoms with Crippen LogP contribution in [0.3, 0.4) is 0 Å². The summed E-state index contributed by atoms with van der Waals surface area (Å²) in [5.74, 6) is 2.70. The summed E-state index contributed by atoms with van der Waals surface area (Å²) in [5.41, 5.74) is 2.27. The maximum atomic E-state index is 4.67. The second-order valence-electron chi connectivity index (χ2n) is 6.00. The van der Waals surface area contributed by atoms with Gasteiger partial charge in [-0.05, 0) is 36.8 Å². The Kier molecular flexibility index (Phi) is 3.45. The molecule has 1 N–H and O–H groups in total. The Morgan fingerprint density at radius 3 is 2.95 bits per heavy atom. The van der Waals surface area contributed by atoms with Crippen LogP contribution in [0, 0.1) is 11.8 Å². The summed E-state index contributed by atoms with van der Waals surface area (Å²) in [6.45, 7) is 3.43. The number of nitrogens with zero attached hydrogens (tertiary/aromatic N) is 2. The van der Waals surface area contributed by atoms with Gasteiger partial charge in [-0.2, -0.15) is 0 Å². The van der Waals surface area contributed by atoms with Crippen molar-refractivity contribution in [3.63, 3.8) is 0 Å². The molecule has 1 aliphatic rings. The summed E-state index contributed by atoms with van der Waals surface area (Å²) in [6, 6.07) is 8.30. The molecule has 3 nitrogen and oxygen atoms in total. The number of anilines is 1. The van der Waals surface area contributed by atoms with Gasteiger partial charge in [0.05, 0.1) is 11.0 Å². The van der Waals surface area contributed by atoms with Crippen LogP contribution in [0.15, 0.2) is 24.3 Å².